The van der Waals surface area contributed by atoms with Crippen molar-refractivity contribution in [1.82, 2.24) is 0 Å². The Kier molecular flexibility index (Phi) is 7.32. The van der Waals surface area contributed by atoms with Crippen molar-refractivity contribution >= 4 is 11.9 Å². The Morgan fingerprint density at radius 1 is 1.21 bits per heavy atom. The van der Waals surface area contributed by atoms with Crippen molar-refractivity contribution in [2.75, 3.05) is 6.61 Å². The zero-order chi connectivity index (χ0) is 13.9. The fourth-order valence-corrected chi connectivity index (χ4v) is 1.75. The van der Waals surface area contributed by atoms with Crippen LogP contribution in [0.25, 0.3) is 0 Å². The molecular weight excluding hydrogens is 244 g/mol. The van der Waals surface area contributed by atoms with Crippen molar-refractivity contribution in [3.8, 4) is 0 Å². The summed E-state index contributed by atoms with van der Waals surface area (Å²) in [5.74, 6) is -1.38. The molecule has 0 aromatic rings. The summed E-state index contributed by atoms with van der Waals surface area (Å²) < 4.78 is 5.04. The van der Waals surface area contributed by atoms with E-state index in [1.54, 1.807) is 0 Å². The first-order valence-electron chi connectivity index (χ1n) is 6.56. The molecule has 0 saturated carbocycles. The maximum atomic E-state index is 11.5. The summed E-state index contributed by atoms with van der Waals surface area (Å²) in [7, 11) is 0. The summed E-state index contributed by atoms with van der Waals surface area (Å²) >= 11 is 0. The van der Waals surface area contributed by atoms with Crippen molar-refractivity contribution in [2.24, 2.45) is 0 Å². The summed E-state index contributed by atoms with van der Waals surface area (Å²) in [6.45, 7) is 0.388. The molecule has 104 valence electrons. The number of hydrogen-bond acceptors (Lipinski definition) is 3. The lowest BCUT2D eigenvalue weighted by Crippen LogP contribution is -2.05. The van der Waals surface area contributed by atoms with Gasteiger partial charge in [0.2, 0.25) is 0 Å². The van der Waals surface area contributed by atoms with Crippen LogP contribution in [-0.4, -0.2) is 23.7 Å². The minimum Gasteiger partial charge on any atom is -0.481 e. The van der Waals surface area contributed by atoms with Crippen LogP contribution < -0.4 is 0 Å². The lowest BCUT2D eigenvalue weighted by Gasteiger charge is -2.04. The van der Waals surface area contributed by atoms with E-state index in [1.165, 1.54) is 6.08 Å². The number of carboxylic acids is 1. The molecule has 1 N–H and O–H groups in total. The van der Waals surface area contributed by atoms with E-state index in [4.69, 9.17) is 9.84 Å². The van der Waals surface area contributed by atoms with Crippen LogP contribution in [0.1, 0.15) is 38.5 Å². The lowest BCUT2D eigenvalue weighted by atomic mass is 10.1. The predicted octanol–water partition coefficient (Wildman–Crippen LogP) is 3.01. The fourth-order valence-electron chi connectivity index (χ4n) is 1.75. The third kappa shape index (κ3) is 7.97. The third-order valence-corrected chi connectivity index (χ3v) is 2.70. The van der Waals surface area contributed by atoms with Gasteiger partial charge in [0.15, 0.2) is 0 Å². The molecule has 0 aromatic carbocycles. The van der Waals surface area contributed by atoms with Crippen molar-refractivity contribution < 1.29 is 19.4 Å². The molecule has 0 bridgehead atoms. The highest BCUT2D eigenvalue weighted by atomic mass is 16.5. The number of rotatable bonds is 2. The van der Waals surface area contributed by atoms with Crippen LogP contribution in [0.15, 0.2) is 36.0 Å². The first-order valence-corrected chi connectivity index (χ1v) is 6.56. The molecule has 0 aliphatic carbocycles. The van der Waals surface area contributed by atoms with E-state index in [-0.39, 0.29) is 6.42 Å². The first kappa shape index (κ1) is 15.2. The standard InChI is InChI=1S/C15H20O4/c16-14(17)11-13-9-7-5-3-1-2-4-6-8-10-19-15(18)12-13/h1-2,5,7,12H,3-4,6,8-11H2,(H,16,17)/b2-1-,7-5-,13-12+. The van der Waals surface area contributed by atoms with Crippen LogP contribution in [0.5, 0.6) is 0 Å². The van der Waals surface area contributed by atoms with Gasteiger partial charge in [0.1, 0.15) is 0 Å². The monoisotopic (exact) mass is 264 g/mol. The molecule has 4 heteroatoms. The van der Waals surface area contributed by atoms with Crippen LogP contribution >= 0.6 is 0 Å². The molecule has 0 fully saturated rings. The van der Waals surface area contributed by atoms with Crippen molar-refractivity contribution in [3.63, 3.8) is 0 Å². The number of carboxylic acid groups (broad SMARTS) is 1. The summed E-state index contributed by atoms with van der Waals surface area (Å²) in [5.41, 5.74) is 0.565. The van der Waals surface area contributed by atoms with Crippen LogP contribution in [0.2, 0.25) is 0 Å². The number of hydrogen-bond donors (Lipinski definition) is 1. The van der Waals surface area contributed by atoms with E-state index >= 15 is 0 Å². The van der Waals surface area contributed by atoms with E-state index in [1.807, 2.05) is 12.2 Å². The van der Waals surface area contributed by atoms with Gasteiger partial charge < -0.3 is 9.84 Å². The largest absolute Gasteiger partial charge is 0.481 e. The summed E-state index contributed by atoms with van der Waals surface area (Å²) in [5, 5.41) is 8.79. The molecule has 1 heterocycles. The third-order valence-electron chi connectivity index (χ3n) is 2.70. The Hall–Kier alpha value is -1.84. The minimum atomic E-state index is -0.937. The van der Waals surface area contributed by atoms with Gasteiger partial charge in [-0.2, -0.15) is 0 Å². The van der Waals surface area contributed by atoms with Crippen LogP contribution in [-0.2, 0) is 14.3 Å². The molecule has 0 unspecified atom stereocenters. The van der Waals surface area contributed by atoms with Gasteiger partial charge in [-0.1, -0.05) is 24.3 Å². The van der Waals surface area contributed by atoms with Gasteiger partial charge in [-0.3, -0.25) is 4.79 Å². The Morgan fingerprint density at radius 3 is 2.79 bits per heavy atom. The smallest absolute Gasteiger partial charge is 0.330 e. The molecule has 4 nitrogen and oxygen atoms in total. The number of esters is 1. The number of cyclic esters (lactones) is 1. The molecular formula is C15H20O4. The molecule has 1 rings (SSSR count). The first-order chi connectivity index (χ1) is 9.18. The van der Waals surface area contributed by atoms with Crippen LogP contribution in [0.3, 0.4) is 0 Å². The molecule has 0 aromatic heterocycles. The Balaban J connectivity index is 2.68. The Bertz CT molecular complexity index is 391. The fraction of sp³-hybridized carbons (Fsp3) is 0.467. The average molecular weight is 264 g/mol. The Morgan fingerprint density at radius 2 is 2.00 bits per heavy atom. The second kappa shape index (κ2) is 9.14. The van der Waals surface area contributed by atoms with Gasteiger partial charge in [-0.25, -0.2) is 4.79 Å². The summed E-state index contributed by atoms with van der Waals surface area (Å²) in [4.78, 5) is 22.2. The normalized spacial score (nSPS) is 24.4. The van der Waals surface area contributed by atoms with Crippen molar-refractivity contribution in [1.29, 1.82) is 0 Å². The highest BCUT2D eigenvalue weighted by Gasteiger charge is 2.06. The quantitative estimate of drug-likeness (QED) is 0.615. The van der Waals surface area contributed by atoms with Gasteiger partial charge in [0, 0.05) is 6.08 Å². The van der Waals surface area contributed by atoms with Crippen LogP contribution in [0, 0.1) is 0 Å². The zero-order valence-electron chi connectivity index (χ0n) is 11.0. The number of allylic oxidation sites excluding steroid dienone is 4. The number of carbonyl (C=O) groups excluding carboxylic acids is 1. The number of carbonyl (C=O) groups is 2. The minimum absolute atomic E-state index is 0.130. The van der Waals surface area contributed by atoms with E-state index in [0.717, 1.165) is 25.7 Å². The molecule has 0 amide bonds. The lowest BCUT2D eigenvalue weighted by molar-refractivity contribution is -0.137. The summed E-state index contributed by atoms with van der Waals surface area (Å²) in [6.07, 6.45) is 13.4. The average Bonchev–Trinajstić information content (AvgIpc) is 2.34. The summed E-state index contributed by atoms with van der Waals surface area (Å²) in [6, 6.07) is 0. The molecule has 1 aliphatic heterocycles. The highest BCUT2D eigenvalue weighted by Crippen LogP contribution is 2.10. The van der Waals surface area contributed by atoms with Crippen molar-refractivity contribution in [3.05, 3.63) is 36.0 Å². The van der Waals surface area contributed by atoms with Crippen LogP contribution in [0.4, 0.5) is 0 Å². The van der Waals surface area contributed by atoms with Gasteiger partial charge in [-0.15, -0.1) is 0 Å². The predicted molar refractivity (Wildman–Crippen MR) is 72.7 cm³/mol. The van der Waals surface area contributed by atoms with Gasteiger partial charge in [0.25, 0.3) is 0 Å². The number of aliphatic carboxylic acids is 1. The molecule has 1 aliphatic rings. The highest BCUT2D eigenvalue weighted by molar-refractivity contribution is 5.84. The van der Waals surface area contributed by atoms with Gasteiger partial charge >= 0.3 is 11.9 Å². The van der Waals surface area contributed by atoms with Crippen molar-refractivity contribution in [2.45, 2.75) is 38.5 Å². The van der Waals surface area contributed by atoms with E-state index in [2.05, 4.69) is 12.2 Å². The second-order valence-electron chi connectivity index (χ2n) is 4.42. The maximum Gasteiger partial charge on any atom is 0.330 e. The molecule has 0 radical (unpaired) electrons. The van der Waals surface area contributed by atoms with Gasteiger partial charge in [-0.05, 0) is 37.7 Å². The van der Waals surface area contributed by atoms with E-state index in [9.17, 15) is 9.59 Å². The van der Waals surface area contributed by atoms with E-state index < -0.39 is 11.9 Å². The SMILES string of the molecule is O=C(O)C/C1=C/C(=O)OCCCC/C=C\C/C=C\C1. The maximum absolute atomic E-state index is 11.5. The molecule has 0 saturated heterocycles. The zero-order valence-corrected chi connectivity index (χ0v) is 11.0. The number of ether oxygens (including phenoxy) is 1. The second-order valence-corrected chi connectivity index (χ2v) is 4.42. The molecule has 0 spiro atoms. The Labute approximate surface area is 113 Å². The van der Waals surface area contributed by atoms with Gasteiger partial charge in [0.05, 0.1) is 13.0 Å². The van der Waals surface area contributed by atoms with E-state index in [0.29, 0.717) is 18.6 Å². The molecule has 19 heavy (non-hydrogen) atoms. The topological polar surface area (TPSA) is 63.6 Å². The molecule has 0 atom stereocenters.